The van der Waals surface area contributed by atoms with Crippen molar-refractivity contribution in [2.75, 3.05) is 16.8 Å². The zero-order valence-electron chi connectivity index (χ0n) is 12.8. The molecule has 0 aliphatic heterocycles. The first-order valence-electron chi connectivity index (χ1n) is 6.96. The highest BCUT2D eigenvalue weighted by molar-refractivity contribution is 9.10. The van der Waals surface area contributed by atoms with Crippen LogP contribution in [-0.4, -0.2) is 18.4 Å². The minimum absolute atomic E-state index is 0.159. The second-order valence-corrected chi connectivity index (χ2v) is 5.97. The molecular weight excluding hydrogens is 363 g/mol. The maximum atomic E-state index is 13.1. The Balaban J connectivity index is 2.16. The molecule has 0 atom stereocenters. The molecule has 2 aromatic rings. The maximum absolute atomic E-state index is 13.1. The van der Waals surface area contributed by atoms with Crippen molar-refractivity contribution in [3.05, 3.63) is 58.3 Å². The van der Waals surface area contributed by atoms with Gasteiger partial charge in [0.25, 0.3) is 0 Å². The van der Waals surface area contributed by atoms with Gasteiger partial charge in [-0.15, -0.1) is 0 Å². The standard InChI is InChI=1S/C17H16BrFN2O2/c1-11-6-7-16(15(18)8-11)21(12(2)22)10-17(23)20-14-5-3-4-13(19)9-14/h3-9H,10H2,1-2H3,(H,20,23). The summed E-state index contributed by atoms with van der Waals surface area (Å²) >= 11 is 3.41. The Labute approximate surface area is 142 Å². The van der Waals surface area contributed by atoms with Crippen molar-refractivity contribution < 1.29 is 14.0 Å². The van der Waals surface area contributed by atoms with E-state index in [9.17, 15) is 14.0 Å². The van der Waals surface area contributed by atoms with E-state index in [0.29, 0.717) is 11.4 Å². The molecule has 120 valence electrons. The van der Waals surface area contributed by atoms with Crippen molar-refractivity contribution in [2.24, 2.45) is 0 Å². The Bertz CT molecular complexity index is 749. The SMILES string of the molecule is CC(=O)N(CC(=O)Nc1cccc(F)c1)c1ccc(C)cc1Br. The van der Waals surface area contributed by atoms with Crippen molar-refractivity contribution in [1.82, 2.24) is 0 Å². The Hall–Kier alpha value is -2.21. The van der Waals surface area contributed by atoms with Crippen LogP contribution in [0.25, 0.3) is 0 Å². The van der Waals surface area contributed by atoms with Crippen LogP contribution in [0.4, 0.5) is 15.8 Å². The first kappa shape index (κ1) is 17.1. The van der Waals surface area contributed by atoms with E-state index in [1.807, 2.05) is 19.1 Å². The van der Waals surface area contributed by atoms with Crippen LogP contribution in [0.1, 0.15) is 12.5 Å². The number of nitrogens with zero attached hydrogens (tertiary/aromatic N) is 1. The van der Waals surface area contributed by atoms with Gasteiger partial charge >= 0.3 is 0 Å². The van der Waals surface area contributed by atoms with Crippen LogP contribution >= 0.6 is 15.9 Å². The van der Waals surface area contributed by atoms with Gasteiger partial charge in [0.1, 0.15) is 12.4 Å². The van der Waals surface area contributed by atoms with Gasteiger partial charge in [-0.25, -0.2) is 4.39 Å². The summed E-state index contributed by atoms with van der Waals surface area (Å²) in [6.45, 7) is 3.17. The minimum Gasteiger partial charge on any atom is -0.324 e. The third kappa shape index (κ3) is 4.63. The molecule has 2 aromatic carbocycles. The van der Waals surface area contributed by atoms with E-state index in [-0.39, 0.29) is 12.5 Å². The molecule has 0 aliphatic carbocycles. The fourth-order valence-corrected chi connectivity index (χ4v) is 2.81. The minimum atomic E-state index is -0.437. The van der Waals surface area contributed by atoms with Gasteiger partial charge in [0.15, 0.2) is 0 Å². The number of rotatable bonds is 4. The maximum Gasteiger partial charge on any atom is 0.244 e. The summed E-state index contributed by atoms with van der Waals surface area (Å²) in [4.78, 5) is 25.4. The van der Waals surface area contributed by atoms with Crippen molar-refractivity contribution in [2.45, 2.75) is 13.8 Å². The van der Waals surface area contributed by atoms with Gasteiger partial charge in [-0.2, -0.15) is 0 Å². The molecule has 0 saturated heterocycles. The Kier molecular flexibility index (Phi) is 5.50. The summed E-state index contributed by atoms with van der Waals surface area (Å²) in [5, 5.41) is 2.58. The third-order valence-corrected chi connectivity index (χ3v) is 3.82. The van der Waals surface area contributed by atoms with Crippen LogP contribution in [-0.2, 0) is 9.59 Å². The zero-order valence-corrected chi connectivity index (χ0v) is 14.4. The van der Waals surface area contributed by atoms with Gasteiger partial charge in [-0.1, -0.05) is 12.1 Å². The summed E-state index contributed by atoms with van der Waals surface area (Å²) in [6.07, 6.45) is 0. The van der Waals surface area contributed by atoms with Gasteiger partial charge in [0, 0.05) is 17.1 Å². The smallest absolute Gasteiger partial charge is 0.244 e. The van der Waals surface area contributed by atoms with Crippen molar-refractivity contribution in [3.63, 3.8) is 0 Å². The van der Waals surface area contributed by atoms with Crippen LogP contribution in [0.2, 0.25) is 0 Å². The number of hydrogen-bond acceptors (Lipinski definition) is 2. The zero-order chi connectivity index (χ0) is 17.0. The normalized spacial score (nSPS) is 10.3. The first-order valence-corrected chi connectivity index (χ1v) is 7.76. The Morgan fingerprint density at radius 2 is 1.96 bits per heavy atom. The molecule has 0 spiro atoms. The number of nitrogens with one attached hydrogen (secondary N) is 1. The quantitative estimate of drug-likeness (QED) is 0.877. The summed E-state index contributed by atoms with van der Waals surface area (Å²) in [5.74, 6) is -1.10. The molecule has 0 heterocycles. The molecule has 0 fully saturated rings. The van der Waals surface area contributed by atoms with Crippen LogP contribution in [0.5, 0.6) is 0 Å². The van der Waals surface area contributed by atoms with Crippen molar-refractivity contribution in [1.29, 1.82) is 0 Å². The Morgan fingerprint density at radius 1 is 1.22 bits per heavy atom. The van der Waals surface area contributed by atoms with Gasteiger partial charge in [-0.3, -0.25) is 9.59 Å². The van der Waals surface area contributed by atoms with Gasteiger partial charge in [0.2, 0.25) is 11.8 Å². The summed E-state index contributed by atoms with van der Waals surface area (Å²) in [6, 6.07) is 11.1. The van der Waals surface area contributed by atoms with Crippen LogP contribution in [0.3, 0.4) is 0 Å². The lowest BCUT2D eigenvalue weighted by Crippen LogP contribution is -2.36. The molecule has 23 heavy (non-hydrogen) atoms. The van der Waals surface area contributed by atoms with Gasteiger partial charge < -0.3 is 10.2 Å². The average Bonchev–Trinajstić information content (AvgIpc) is 2.45. The number of amides is 2. The highest BCUT2D eigenvalue weighted by atomic mass is 79.9. The second kappa shape index (κ2) is 7.37. The van der Waals surface area contributed by atoms with Crippen LogP contribution in [0, 0.1) is 12.7 Å². The van der Waals surface area contributed by atoms with E-state index in [4.69, 9.17) is 0 Å². The monoisotopic (exact) mass is 378 g/mol. The van der Waals surface area contributed by atoms with Crippen LogP contribution < -0.4 is 10.2 Å². The van der Waals surface area contributed by atoms with E-state index in [2.05, 4.69) is 21.2 Å². The molecule has 4 nitrogen and oxygen atoms in total. The fraction of sp³-hybridized carbons (Fsp3) is 0.176. The lowest BCUT2D eigenvalue weighted by atomic mass is 10.2. The number of carbonyl (C=O) groups excluding carboxylic acids is 2. The number of carbonyl (C=O) groups is 2. The molecule has 0 saturated carbocycles. The molecule has 2 amide bonds. The molecule has 0 aliphatic rings. The number of benzene rings is 2. The molecule has 2 rings (SSSR count). The third-order valence-electron chi connectivity index (χ3n) is 3.18. The number of hydrogen-bond donors (Lipinski definition) is 1. The van der Waals surface area contributed by atoms with E-state index in [0.717, 1.165) is 10.0 Å². The molecule has 0 unspecified atom stereocenters. The topological polar surface area (TPSA) is 49.4 Å². The fourth-order valence-electron chi connectivity index (χ4n) is 2.11. The molecule has 6 heteroatoms. The van der Waals surface area contributed by atoms with Gasteiger partial charge in [-0.05, 0) is 58.7 Å². The van der Waals surface area contributed by atoms with Crippen LogP contribution in [0.15, 0.2) is 46.9 Å². The number of aryl methyl sites for hydroxylation is 1. The second-order valence-electron chi connectivity index (χ2n) is 5.12. The molecule has 0 aromatic heterocycles. The lowest BCUT2D eigenvalue weighted by molar-refractivity contribution is -0.120. The van der Waals surface area contributed by atoms with E-state index in [1.54, 1.807) is 12.1 Å². The number of anilines is 2. The predicted molar refractivity (Wildman–Crippen MR) is 91.9 cm³/mol. The van der Waals surface area contributed by atoms with E-state index in [1.165, 1.54) is 30.0 Å². The van der Waals surface area contributed by atoms with Crippen molar-refractivity contribution in [3.8, 4) is 0 Å². The lowest BCUT2D eigenvalue weighted by Gasteiger charge is -2.22. The molecular formula is C17H16BrFN2O2. The van der Waals surface area contributed by atoms with E-state index < -0.39 is 11.7 Å². The molecule has 0 radical (unpaired) electrons. The summed E-state index contributed by atoms with van der Waals surface area (Å²) in [7, 11) is 0. The highest BCUT2D eigenvalue weighted by Gasteiger charge is 2.18. The first-order chi connectivity index (χ1) is 10.9. The summed E-state index contributed by atoms with van der Waals surface area (Å²) < 4.78 is 13.9. The molecule has 0 bridgehead atoms. The predicted octanol–water partition coefficient (Wildman–Crippen LogP) is 3.89. The summed E-state index contributed by atoms with van der Waals surface area (Å²) in [5.41, 5.74) is 1.99. The van der Waals surface area contributed by atoms with Crippen molar-refractivity contribution >= 4 is 39.1 Å². The largest absolute Gasteiger partial charge is 0.324 e. The molecule has 1 N–H and O–H groups in total. The Morgan fingerprint density at radius 3 is 2.57 bits per heavy atom. The van der Waals surface area contributed by atoms with Gasteiger partial charge in [0.05, 0.1) is 5.69 Å². The number of halogens is 2. The highest BCUT2D eigenvalue weighted by Crippen LogP contribution is 2.27. The average molecular weight is 379 g/mol. The van der Waals surface area contributed by atoms with E-state index >= 15 is 0 Å².